The monoisotopic (exact) mass is 392 g/mol. The molecule has 28 heavy (non-hydrogen) atoms. The Kier molecular flexibility index (Phi) is 5.91. The Morgan fingerprint density at radius 2 is 1.61 bits per heavy atom. The molecule has 1 radical (unpaired) electrons. The fraction of sp³-hybridized carbons (Fsp3) is 0.632. The summed E-state index contributed by atoms with van der Waals surface area (Å²) < 4.78 is 2.38. The summed E-state index contributed by atoms with van der Waals surface area (Å²) in [7, 11) is 0. The van der Waals surface area contributed by atoms with Gasteiger partial charge in [0.2, 0.25) is 0 Å². The average molecular weight is 392 g/mol. The quantitative estimate of drug-likeness (QED) is 0.759. The number of carbonyl (C=O) groups is 1. The molecule has 0 saturated heterocycles. The third-order valence-electron chi connectivity index (χ3n) is 5.03. The predicted octanol–water partition coefficient (Wildman–Crippen LogP) is 1.50. The zero-order valence-electron chi connectivity index (χ0n) is 17.5. The highest BCUT2D eigenvalue weighted by Gasteiger charge is 2.49. The van der Waals surface area contributed by atoms with Gasteiger partial charge in [-0.05, 0) is 40.5 Å². The van der Waals surface area contributed by atoms with Crippen LogP contribution in [-0.2, 0) is 23.1 Å². The highest BCUT2D eigenvalue weighted by molar-refractivity contribution is 6.06. The van der Waals surface area contributed by atoms with Gasteiger partial charge in [0.1, 0.15) is 11.5 Å². The van der Waals surface area contributed by atoms with Crippen LogP contribution in [0, 0.1) is 0 Å². The number of hydroxylamine groups is 2. The molecular formula is C19H30N5O4. The number of amides is 1. The Bertz CT molecular complexity index is 923. The van der Waals surface area contributed by atoms with Crippen LogP contribution in [0.1, 0.15) is 54.4 Å². The summed E-state index contributed by atoms with van der Waals surface area (Å²) in [6, 6.07) is 0. The van der Waals surface area contributed by atoms with E-state index in [1.807, 2.05) is 13.8 Å². The molecule has 0 spiro atoms. The third kappa shape index (κ3) is 3.51. The molecule has 0 atom stereocenters. The van der Waals surface area contributed by atoms with Crippen molar-refractivity contribution in [1.29, 1.82) is 0 Å². The van der Waals surface area contributed by atoms with Crippen LogP contribution in [0.3, 0.4) is 0 Å². The number of rotatable bonds is 6. The van der Waals surface area contributed by atoms with Crippen LogP contribution in [-0.4, -0.2) is 31.2 Å². The lowest BCUT2D eigenvalue weighted by Crippen LogP contribution is -2.48. The van der Waals surface area contributed by atoms with Crippen molar-refractivity contribution in [3.63, 3.8) is 0 Å². The van der Waals surface area contributed by atoms with Crippen LogP contribution in [0.25, 0.3) is 0 Å². The Labute approximate surface area is 164 Å². The molecule has 1 aromatic heterocycles. The van der Waals surface area contributed by atoms with E-state index in [0.717, 1.165) is 9.63 Å². The predicted molar refractivity (Wildman–Crippen MR) is 107 cm³/mol. The molecule has 0 aromatic carbocycles. The van der Waals surface area contributed by atoms with Crippen LogP contribution in [0.5, 0.6) is 0 Å². The van der Waals surface area contributed by atoms with E-state index in [-0.39, 0.29) is 23.6 Å². The van der Waals surface area contributed by atoms with Gasteiger partial charge in [0.15, 0.2) is 0 Å². The van der Waals surface area contributed by atoms with E-state index < -0.39 is 28.2 Å². The first-order valence-corrected chi connectivity index (χ1v) is 9.55. The molecule has 1 aliphatic rings. The minimum atomic E-state index is -1.07. The smallest absolute Gasteiger partial charge is 0.332 e. The molecular weight excluding hydrogens is 362 g/mol. The lowest BCUT2D eigenvalue weighted by atomic mass is 9.96. The van der Waals surface area contributed by atoms with E-state index in [1.165, 1.54) is 4.57 Å². The number of nitrogens with two attached hydrogens (primary N) is 1. The third-order valence-corrected chi connectivity index (χ3v) is 5.03. The van der Waals surface area contributed by atoms with Gasteiger partial charge in [0.25, 0.3) is 11.5 Å². The molecule has 2 rings (SSSR count). The Morgan fingerprint density at radius 1 is 1.07 bits per heavy atom. The highest BCUT2D eigenvalue weighted by Crippen LogP contribution is 2.39. The summed E-state index contributed by atoms with van der Waals surface area (Å²) in [5.41, 5.74) is 3.14. The van der Waals surface area contributed by atoms with Gasteiger partial charge in [-0.1, -0.05) is 19.9 Å². The lowest BCUT2D eigenvalue weighted by molar-refractivity contribution is -0.238. The van der Waals surface area contributed by atoms with Crippen molar-refractivity contribution in [2.45, 2.75) is 78.6 Å². The molecule has 0 bridgehead atoms. The molecule has 1 aromatic rings. The first kappa shape index (κ1) is 21.9. The number of hydrogen-bond donors (Lipinski definition) is 2. The normalized spacial score (nSPS) is 18.2. The topological polar surface area (TPSA) is 122 Å². The van der Waals surface area contributed by atoms with Crippen LogP contribution in [0.15, 0.2) is 21.2 Å². The van der Waals surface area contributed by atoms with Crippen LogP contribution >= 0.6 is 0 Å². The fourth-order valence-corrected chi connectivity index (χ4v) is 3.64. The van der Waals surface area contributed by atoms with E-state index >= 15 is 0 Å². The van der Waals surface area contributed by atoms with E-state index in [9.17, 15) is 19.6 Å². The van der Waals surface area contributed by atoms with Crippen molar-refractivity contribution in [1.82, 2.24) is 14.2 Å². The molecule has 0 saturated carbocycles. The van der Waals surface area contributed by atoms with Gasteiger partial charge in [0, 0.05) is 18.7 Å². The zero-order chi connectivity index (χ0) is 21.4. The van der Waals surface area contributed by atoms with Crippen molar-refractivity contribution in [2.24, 2.45) is 0 Å². The first-order chi connectivity index (χ1) is 12.9. The first-order valence-electron chi connectivity index (χ1n) is 9.55. The molecule has 1 aliphatic heterocycles. The molecule has 9 heteroatoms. The Morgan fingerprint density at radius 3 is 2.07 bits per heavy atom. The van der Waals surface area contributed by atoms with E-state index in [4.69, 9.17) is 5.73 Å². The van der Waals surface area contributed by atoms with Crippen LogP contribution in [0.2, 0.25) is 0 Å². The minimum absolute atomic E-state index is 0.0767. The average Bonchev–Trinajstić information content (AvgIpc) is 2.78. The maximum absolute atomic E-state index is 13.0. The van der Waals surface area contributed by atoms with Gasteiger partial charge in [-0.3, -0.25) is 18.7 Å². The Balaban J connectivity index is 2.56. The molecule has 2 heterocycles. The second-order valence-electron chi connectivity index (χ2n) is 8.17. The van der Waals surface area contributed by atoms with Gasteiger partial charge in [-0.2, -0.15) is 0 Å². The zero-order valence-corrected chi connectivity index (χ0v) is 17.5. The summed E-state index contributed by atoms with van der Waals surface area (Å²) in [5.74, 6) is -0.655. The molecule has 1 amide bonds. The van der Waals surface area contributed by atoms with Gasteiger partial charge in [-0.25, -0.2) is 4.79 Å². The van der Waals surface area contributed by atoms with Gasteiger partial charge >= 0.3 is 5.69 Å². The highest BCUT2D eigenvalue weighted by atomic mass is 16.5. The summed E-state index contributed by atoms with van der Waals surface area (Å²) in [6.07, 6.45) is 2.81. The van der Waals surface area contributed by atoms with Gasteiger partial charge in [-0.15, -0.1) is 10.3 Å². The summed E-state index contributed by atoms with van der Waals surface area (Å²) in [5, 5.41) is 15.9. The van der Waals surface area contributed by atoms with Crippen molar-refractivity contribution >= 4 is 17.4 Å². The maximum atomic E-state index is 13.0. The minimum Gasteiger partial charge on any atom is -0.383 e. The van der Waals surface area contributed by atoms with Crippen molar-refractivity contribution in [3.05, 3.63) is 32.5 Å². The lowest BCUT2D eigenvalue weighted by Gasteiger charge is -2.33. The largest absolute Gasteiger partial charge is 0.383 e. The summed E-state index contributed by atoms with van der Waals surface area (Å²) in [4.78, 5) is 38.4. The van der Waals surface area contributed by atoms with Crippen molar-refractivity contribution in [3.8, 4) is 0 Å². The molecule has 3 N–H and O–H groups in total. The SMILES string of the molecule is CCCn1c(N)c(NC(=O)C2=CC(C)(C)N([O])C2(C)C)c(=O)n(CCC)c1=O. The van der Waals surface area contributed by atoms with E-state index in [2.05, 4.69) is 5.32 Å². The Hall–Kier alpha value is -2.39. The number of aromatic nitrogens is 2. The second-order valence-corrected chi connectivity index (χ2v) is 8.17. The number of anilines is 2. The van der Waals surface area contributed by atoms with Crippen LogP contribution < -0.4 is 22.3 Å². The van der Waals surface area contributed by atoms with Crippen molar-refractivity contribution < 1.29 is 10.0 Å². The molecule has 9 nitrogen and oxygen atoms in total. The van der Waals surface area contributed by atoms with Crippen LogP contribution in [0.4, 0.5) is 11.5 Å². The molecule has 0 fully saturated rings. The van der Waals surface area contributed by atoms with E-state index in [0.29, 0.717) is 19.4 Å². The standard InChI is InChI=1S/C19H30N5O4/c1-7-9-22-14(20)13(16(26)23(10-8-2)17(22)27)21-15(25)12-11-18(3,4)24(28)19(12,5)6/h11H,7-10,20H2,1-6H3,(H,21,25). The van der Waals surface area contributed by atoms with Crippen molar-refractivity contribution in [2.75, 3.05) is 11.1 Å². The summed E-state index contributed by atoms with van der Waals surface area (Å²) >= 11 is 0. The van der Waals surface area contributed by atoms with E-state index in [1.54, 1.807) is 33.8 Å². The number of nitrogens with one attached hydrogen (secondary N) is 1. The molecule has 155 valence electrons. The van der Waals surface area contributed by atoms with Gasteiger partial charge < -0.3 is 11.1 Å². The summed E-state index contributed by atoms with van der Waals surface area (Å²) in [6.45, 7) is 11.0. The number of carbonyl (C=O) groups excluding carboxylic acids is 1. The molecule has 0 aliphatic carbocycles. The number of nitrogen functional groups attached to an aromatic ring is 1. The maximum Gasteiger partial charge on any atom is 0.332 e. The second kappa shape index (κ2) is 7.56. The fourth-order valence-electron chi connectivity index (χ4n) is 3.64. The van der Waals surface area contributed by atoms with Gasteiger partial charge in [0.05, 0.1) is 11.1 Å². The molecule has 0 unspecified atom stereocenters. The number of nitrogens with zero attached hydrogens (tertiary/aromatic N) is 3. The number of hydrogen-bond acceptors (Lipinski definition) is 5.